The number of nitrogens with two attached hydrogens (primary N) is 1. The summed E-state index contributed by atoms with van der Waals surface area (Å²) >= 11 is 0. The average Bonchev–Trinajstić information content (AvgIpc) is 2.06. The molecule has 3 nitrogen and oxygen atoms in total. The molecule has 0 unspecified atom stereocenters. The number of anilines is 1. The van der Waals surface area contributed by atoms with E-state index in [1.807, 2.05) is 0 Å². The third kappa shape index (κ3) is 6.87. The maximum absolute atomic E-state index is 10.8. The maximum atomic E-state index is 10.8. The van der Waals surface area contributed by atoms with E-state index in [0.717, 1.165) is 0 Å². The Labute approximate surface area is 97.3 Å². The van der Waals surface area contributed by atoms with Gasteiger partial charge in [-0.25, -0.2) is 0 Å². The number of phenolic OH excluding ortho intramolecular Hbond substituents is 1. The zero-order valence-electron chi connectivity index (χ0n) is 10.7. The van der Waals surface area contributed by atoms with Gasteiger partial charge in [0.25, 0.3) is 0 Å². The van der Waals surface area contributed by atoms with Crippen molar-refractivity contribution in [3.05, 3.63) is 23.8 Å². The van der Waals surface area contributed by atoms with Crippen molar-refractivity contribution in [2.24, 2.45) is 5.41 Å². The highest BCUT2D eigenvalue weighted by molar-refractivity contribution is 5.97. The summed E-state index contributed by atoms with van der Waals surface area (Å²) in [4.78, 5) is 10.8. The van der Waals surface area contributed by atoms with Crippen molar-refractivity contribution in [2.45, 2.75) is 34.6 Å². The van der Waals surface area contributed by atoms with Gasteiger partial charge in [-0.2, -0.15) is 0 Å². The lowest BCUT2D eigenvalue weighted by Crippen LogP contribution is -1.94. The molecular weight excluding hydrogens is 202 g/mol. The van der Waals surface area contributed by atoms with Crippen LogP contribution in [-0.2, 0) is 0 Å². The van der Waals surface area contributed by atoms with Crippen LogP contribution in [0.5, 0.6) is 5.75 Å². The summed E-state index contributed by atoms with van der Waals surface area (Å²) in [6.07, 6.45) is 0. The Morgan fingerprint density at radius 3 is 2.00 bits per heavy atom. The maximum Gasteiger partial charge on any atom is 0.163 e. The van der Waals surface area contributed by atoms with Gasteiger partial charge in [-0.05, 0) is 30.5 Å². The number of hydrogen-bond donors (Lipinski definition) is 2. The van der Waals surface area contributed by atoms with Gasteiger partial charge in [-0.15, -0.1) is 0 Å². The molecule has 3 N–H and O–H groups in total. The Hall–Kier alpha value is -1.51. The highest BCUT2D eigenvalue weighted by Crippen LogP contribution is 2.19. The molecule has 90 valence electrons. The Morgan fingerprint density at radius 1 is 1.25 bits per heavy atom. The monoisotopic (exact) mass is 223 g/mol. The third-order valence-electron chi connectivity index (χ3n) is 1.40. The summed E-state index contributed by atoms with van der Waals surface area (Å²) in [5.41, 5.74) is 6.65. The van der Waals surface area contributed by atoms with E-state index >= 15 is 0 Å². The molecule has 0 aliphatic carbocycles. The third-order valence-corrected chi connectivity index (χ3v) is 1.40. The van der Waals surface area contributed by atoms with Gasteiger partial charge in [-0.3, -0.25) is 4.79 Å². The molecule has 0 atom stereocenters. The smallest absolute Gasteiger partial charge is 0.163 e. The molecular formula is C13H21NO2. The summed E-state index contributed by atoms with van der Waals surface area (Å²) < 4.78 is 0. The Balaban J connectivity index is 0.000000385. The van der Waals surface area contributed by atoms with E-state index in [1.54, 1.807) is 6.07 Å². The van der Waals surface area contributed by atoms with Crippen LogP contribution in [0.15, 0.2) is 18.2 Å². The van der Waals surface area contributed by atoms with Crippen LogP contribution in [0.25, 0.3) is 0 Å². The molecule has 0 radical (unpaired) electrons. The lowest BCUT2D eigenvalue weighted by molar-refractivity contribution is 0.101. The second kappa shape index (κ2) is 5.54. The van der Waals surface area contributed by atoms with E-state index in [4.69, 9.17) is 10.8 Å². The molecule has 1 aromatic rings. The molecule has 0 saturated heterocycles. The predicted molar refractivity (Wildman–Crippen MR) is 67.7 cm³/mol. The predicted octanol–water partition coefficient (Wildman–Crippen LogP) is 3.23. The van der Waals surface area contributed by atoms with E-state index in [0.29, 0.717) is 11.1 Å². The van der Waals surface area contributed by atoms with E-state index < -0.39 is 0 Å². The molecule has 16 heavy (non-hydrogen) atoms. The minimum Gasteiger partial charge on any atom is -0.507 e. The Bertz CT molecular complexity index is 359. The molecule has 0 aromatic heterocycles. The molecule has 0 aliphatic heterocycles. The number of phenols is 1. The molecule has 0 saturated carbocycles. The van der Waals surface area contributed by atoms with Gasteiger partial charge in [0.1, 0.15) is 5.75 Å². The highest BCUT2D eigenvalue weighted by atomic mass is 16.3. The minimum atomic E-state index is -0.185. The number of carbonyl (C=O) groups is 1. The molecule has 1 aromatic carbocycles. The quantitative estimate of drug-likeness (QED) is 0.436. The number of nitrogen functional groups attached to an aromatic ring is 1. The molecule has 0 amide bonds. The van der Waals surface area contributed by atoms with E-state index in [2.05, 4.69) is 27.7 Å². The van der Waals surface area contributed by atoms with Gasteiger partial charge in [0.15, 0.2) is 5.78 Å². The minimum absolute atomic E-state index is 0.0216. The van der Waals surface area contributed by atoms with Crippen LogP contribution >= 0.6 is 0 Å². The number of Topliss-reactive ketones (excluding diaryl/α,β-unsaturated/α-hetero) is 1. The Kier molecular flexibility index (Phi) is 5.02. The molecule has 0 spiro atoms. The highest BCUT2D eigenvalue weighted by Gasteiger charge is 2.05. The second-order valence-electron chi connectivity index (χ2n) is 5.33. The Morgan fingerprint density at radius 2 is 1.69 bits per heavy atom. The molecule has 3 heteroatoms. The van der Waals surface area contributed by atoms with Crippen molar-refractivity contribution in [3.8, 4) is 5.75 Å². The number of hydrogen-bond acceptors (Lipinski definition) is 3. The number of benzene rings is 1. The van der Waals surface area contributed by atoms with Crippen LogP contribution in [-0.4, -0.2) is 10.9 Å². The summed E-state index contributed by atoms with van der Waals surface area (Å²) in [7, 11) is 0. The summed E-state index contributed by atoms with van der Waals surface area (Å²) in [6, 6.07) is 4.41. The lowest BCUT2D eigenvalue weighted by atomic mass is 10.0. The fourth-order valence-electron chi connectivity index (χ4n) is 0.836. The average molecular weight is 223 g/mol. The zero-order chi connectivity index (χ0) is 12.9. The first-order valence-corrected chi connectivity index (χ1v) is 5.20. The molecule has 0 fully saturated rings. The van der Waals surface area contributed by atoms with Crippen molar-refractivity contribution >= 4 is 11.5 Å². The lowest BCUT2D eigenvalue weighted by Gasteiger charge is -2.05. The molecule has 0 aliphatic rings. The SMILES string of the molecule is CC(=O)c1cc(N)ccc1O.CC(C)(C)C. The van der Waals surface area contributed by atoms with E-state index in [1.165, 1.54) is 19.1 Å². The van der Waals surface area contributed by atoms with Crippen LogP contribution in [0.4, 0.5) is 5.69 Å². The number of rotatable bonds is 1. The number of ketones is 1. The summed E-state index contributed by atoms with van der Waals surface area (Å²) in [5, 5.41) is 9.13. The summed E-state index contributed by atoms with van der Waals surface area (Å²) in [6.45, 7) is 10.1. The van der Waals surface area contributed by atoms with Crippen molar-refractivity contribution in [1.29, 1.82) is 0 Å². The van der Waals surface area contributed by atoms with Crippen molar-refractivity contribution < 1.29 is 9.90 Å². The van der Waals surface area contributed by atoms with Crippen molar-refractivity contribution in [1.82, 2.24) is 0 Å². The normalized spacial score (nSPS) is 10.3. The van der Waals surface area contributed by atoms with Crippen molar-refractivity contribution in [2.75, 3.05) is 5.73 Å². The van der Waals surface area contributed by atoms with Gasteiger partial charge in [0.05, 0.1) is 5.56 Å². The fraction of sp³-hybridized carbons (Fsp3) is 0.462. The van der Waals surface area contributed by atoms with Gasteiger partial charge in [-0.1, -0.05) is 27.7 Å². The number of aromatic hydroxyl groups is 1. The topological polar surface area (TPSA) is 63.3 Å². The van der Waals surface area contributed by atoms with Gasteiger partial charge in [0.2, 0.25) is 0 Å². The molecule has 0 bridgehead atoms. The van der Waals surface area contributed by atoms with Crippen molar-refractivity contribution in [3.63, 3.8) is 0 Å². The first kappa shape index (κ1) is 14.5. The van der Waals surface area contributed by atoms with E-state index in [-0.39, 0.29) is 17.1 Å². The second-order valence-corrected chi connectivity index (χ2v) is 5.33. The van der Waals surface area contributed by atoms with E-state index in [9.17, 15) is 4.79 Å². The van der Waals surface area contributed by atoms with Crippen LogP contribution in [0, 0.1) is 5.41 Å². The van der Waals surface area contributed by atoms with Gasteiger partial charge < -0.3 is 10.8 Å². The molecule has 0 heterocycles. The fourth-order valence-corrected chi connectivity index (χ4v) is 0.836. The standard InChI is InChI=1S/C8H9NO2.C5H12/c1-5(10)7-4-6(9)2-3-8(7)11;1-5(2,3)4/h2-4,11H,9H2,1H3;1-4H3. The largest absolute Gasteiger partial charge is 0.507 e. The van der Waals surface area contributed by atoms with Crippen LogP contribution < -0.4 is 5.73 Å². The van der Waals surface area contributed by atoms with Crippen LogP contribution in [0.1, 0.15) is 45.0 Å². The number of carbonyl (C=O) groups excluding carboxylic acids is 1. The van der Waals surface area contributed by atoms with Gasteiger partial charge in [0, 0.05) is 5.69 Å². The van der Waals surface area contributed by atoms with Crippen LogP contribution in [0.3, 0.4) is 0 Å². The summed E-state index contributed by atoms with van der Waals surface area (Å²) in [5.74, 6) is -0.207. The zero-order valence-corrected chi connectivity index (χ0v) is 10.7. The molecule has 1 rings (SSSR count). The first-order valence-electron chi connectivity index (χ1n) is 5.20. The van der Waals surface area contributed by atoms with Gasteiger partial charge >= 0.3 is 0 Å². The first-order chi connectivity index (χ1) is 7.11. The van der Waals surface area contributed by atoms with Crippen LogP contribution in [0.2, 0.25) is 0 Å².